The van der Waals surface area contributed by atoms with Gasteiger partial charge in [-0.3, -0.25) is 0 Å². The number of amidine groups is 1. The Morgan fingerprint density at radius 1 is 1.56 bits per heavy atom. The van der Waals surface area contributed by atoms with Crippen molar-refractivity contribution in [1.82, 2.24) is 9.78 Å². The topological polar surface area (TPSA) is 94.9 Å². The van der Waals surface area contributed by atoms with E-state index in [0.717, 1.165) is 12.8 Å². The zero-order valence-electron chi connectivity index (χ0n) is 10.6. The number of hydrogen-bond donors (Lipinski definition) is 2. The average molecular weight is 254 g/mol. The summed E-state index contributed by atoms with van der Waals surface area (Å²) in [6, 6.07) is 0. The average Bonchev–Trinajstić information content (AvgIpc) is 2.65. The molecule has 0 amide bonds. The Bertz CT molecular complexity index is 449. The zero-order valence-corrected chi connectivity index (χ0v) is 10.6. The highest BCUT2D eigenvalue weighted by molar-refractivity contribution is 6.00. The lowest BCUT2D eigenvalue weighted by Crippen LogP contribution is -2.27. The minimum Gasteiger partial charge on any atom is -0.474 e. The molecule has 0 unspecified atom stereocenters. The van der Waals surface area contributed by atoms with Crippen LogP contribution in [-0.4, -0.2) is 40.1 Å². The molecule has 1 aromatic rings. The number of ether oxygens (including phenoxy) is 2. The maximum Gasteiger partial charge on any atom is 0.223 e. The summed E-state index contributed by atoms with van der Waals surface area (Å²) in [6.07, 6.45) is 1.75. The predicted molar refractivity (Wildman–Crippen MR) is 64.9 cm³/mol. The van der Waals surface area contributed by atoms with Crippen molar-refractivity contribution < 1.29 is 14.7 Å². The summed E-state index contributed by atoms with van der Waals surface area (Å²) >= 11 is 0. The molecule has 1 fully saturated rings. The molecule has 0 spiro atoms. The van der Waals surface area contributed by atoms with Crippen LogP contribution in [0.4, 0.5) is 0 Å². The first-order valence-corrected chi connectivity index (χ1v) is 5.89. The lowest BCUT2D eigenvalue weighted by Gasteiger charge is -2.23. The van der Waals surface area contributed by atoms with Crippen LogP contribution >= 0.6 is 0 Å². The van der Waals surface area contributed by atoms with Gasteiger partial charge in [-0.1, -0.05) is 5.16 Å². The van der Waals surface area contributed by atoms with E-state index in [1.807, 2.05) is 0 Å². The minimum absolute atomic E-state index is 0.0164. The highest BCUT2D eigenvalue weighted by atomic mass is 16.5. The van der Waals surface area contributed by atoms with Gasteiger partial charge in [-0.15, -0.1) is 0 Å². The van der Waals surface area contributed by atoms with Crippen molar-refractivity contribution in [2.75, 3.05) is 13.2 Å². The normalized spacial score (nSPS) is 18.0. The third-order valence-corrected chi connectivity index (χ3v) is 2.98. The van der Waals surface area contributed by atoms with Gasteiger partial charge in [0.25, 0.3) is 0 Å². The summed E-state index contributed by atoms with van der Waals surface area (Å²) in [5.74, 6) is 0.553. The fourth-order valence-electron chi connectivity index (χ4n) is 2.07. The van der Waals surface area contributed by atoms with Crippen LogP contribution < -0.4 is 10.5 Å². The number of rotatable bonds is 3. The number of oxime groups is 1. The fraction of sp³-hybridized carbons (Fsp3) is 0.636. The summed E-state index contributed by atoms with van der Waals surface area (Å²) in [6.45, 7) is 3.19. The van der Waals surface area contributed by atoms with E-state index in [4.69, 9.17) is 20.4 Å². The molecule has 7 heteroatoms. The second-order valence-electron chi connectivity index (χ2n) is 4.30. The molecule has 0 aliphatic carbocycles. The van der Waals surface area contributed by atoms with Crippen LogP contribution in [0.5, 0.6) is 5.88 Å². The van der Waals surface area contributed by atoms with Gasteiger partial charge in [0.2, 0.25) is 5.88 Å². The number of hydrogen-bond acceptors (Lipinski definition) is 5. The van der Waals surface area contributed by atoms with Crippen LogP contribution in [0.1, 0.15) is 24.1 Å². The van der Waals surface area contributed by atoms with Gasteiger partial charge in [0.05, 0.1) is 18.9 Å². The lowest BCUT2D eigenvalue weighted by molar-refractivity contribution is 0.0220. The van der Waals surface area contributed by atoms with Crippen LogP contribution in [0.2, 0.25) is 0 Å². The van der Waals surface area contributed by atoms with E-state index in [1.165, 1.54) is 0 Å². The number of aryl methyl sites for hydroxylation is 2. The maximum absolute atomic E-state index is 8.80. The molecular formula is C11H18N4O3. The molecule has 2 heterocycles. The SMILES string of the molecule is Cc1nn(C)c(OC2CCOCC2)c1C(N)=NO. The Hall–Kier alpha value is -1.76. The largest absolute Gasteiger partial charge is 0.474 e. The van der Waals surface area contributed by atoms with E-state index >= 15 is 0 Å². The number of nitrogens with zero attached hydrogens (tertiary/aromatic N) is 3. The van der Waals surface area contributed by atoms with Crippen molar-refractivity contribution in [3.8, 4) is 5.88 Å². The Morgan fingerprint density at radius 3 is 2.83 bits per heavy atom. The first-order chi connectivity index (χ1) is 8.63. The van der Waals surface area contributed by atoms with Crippen LogP contribution in [0.15, 0.2) is 5.16 Å². The van der Waals surface area contributed by atoms with Crippen molar-refractivity contribution >= 4 is 5.84 Å². The van der Waals surface area contributed by atoms with E-state index < -0.39 is 0 Å². The Labute approximate surface area is 105 Å². The summed E-state index contributed by atoms with van der Waals surface area (Å²) < 4.78 is 12.8. The van der Waals surface area contributed by atoms with Crippen molar-refractivity contribution in [3.05, 3.63) is 11.3 Å². The fourth-order valence-corrected chi connectivity index (χ4v) is 2.07. The summed E-state index contributed by atoms with van der Waals surface area (Å²) in [7, 11) is 1.77. The second kappa shape index (κ2) is 5.26. The molecule has 3 N–H and O–H groups in total. The Balaban J connectivity index is 2.25. The number of nitrogens with two attached hydrogens (primary N) is 1. The highest BCUT2D eigenvalue weighted by Crippen LogP contribution is 2.24. The molecular weight excluding hydrogens is 236 g/mol. The molecule has 0 saturated carbocycles. The second-order valence-corrected chi connectivity index (χ2v) is 4.30. The van der Waals surface area contributed by atoms with E-state index in [1.54, 1.807) is 18.7 Å². The molecule has 0 atom stereocenters. The first-order valence-electron chi connectivity index (χ1n) is 5.89. The molecule has 1 aliphatic rings. The van der Waals surface area contributed by atoms with Gasteiger partial charge in [-0.05, 0) is 6.92 Å². The monoisotopic (exact) mass is 254 g/mol. The Morgan fingerprint density at radius 2 is 2.22 bits per heavy atom. The smallest absolute Gasteiger partial charge is 0.223 e. The standard InChI is InChI=1S/C11H18N4O3/c1-7-9(10(12)14-16)11(15(2)13-7)18-8-3-5-17-6-4-8/h8,16H,3-6H2,1-2H3,(H2,12,14). The number of aromatic nitrogens is 2. The molecule has 18 heavy (non-hydrogen) atoms. The Kier molecular flexibility index (Phi) is 3.71. The van der Waals surface area contributed by atoms with E-state index in [9.17, 15) is 0 Å². The molecule has 7 nitrogen and oxygen atoms in total. The molecule has 0 bridgehead atoms. The molecule has 1 aromatic heterocycles. The third kappa shape index (κ3) is 2.40. The first kappa shape index (κ1) is 12.7. The highest BCUT2D eigenvalue weighted by Gasteiger charge is 2.23. The summed E-state index contributed by atoms with van der Waals surface area (Å²) in [4.78, 5) is 0. The molecule has 1 aliphatic heterocycles. The van der Waals surface area contributed by atoms with Crippen LogP contribution in [-0.2, 0) is 11.8 Å². The van der Waals surface area contributed by atoms with Gasteiger partial charge in [0.1, 0.15) is 11.7 Å². The minimum atomic E-state index is 0.0164. The zero-order chi connectivity index (χ0) is 13.1. The molecule has 1 saturated heterocycles. The van der Waals surface area contributed by atoms with Gasteiger partial charge in [-0.25, -0.2) is 4.68 Å². The molecule has 100 valence electrons. The summed E-state index contributed by atoms with van der Waals surface area (Å²) in [5.41, 5.74) is 6.88. The van der Waals surface area contributed by atoms with E-state index in [0.29, 0.717) is 30.4 Å². The van der Waals surface area contributed by atoms with E-state index in [-0.39, 0.29) is 11.9 Å². The third-order valence-electron chi connectivity index (χ3n) is 2.98. The maximum atomic E-state index is 8.80. The van der Waals surface area contributed by atoms with Crippen LogP contribution in [0.25, 0.3) is 0 Å². The van der Waals surface area contributed by atoms with Crippen molar-refractivity contribution in [1.29, 1.82) is 0 Å². The van der Waals surface area contributed by atoms with Crippen molar-refractivity contribution in [3.63, 3.8) is 0 Å². The molecule has 0 aromatic carbocycles. The quantitative estimate of drug-likeness (QED) is 0.352. The predicted octanol–water partition coefficient (Wildman–Crippen LogP) is 0.381. The lowest BCUT2D eigenvalue weighted by atomic mass is 10.1. The van der Waals surface area contributed by atoms with Gasteiger partial charge < -0.3 is 20.4 Å². The van der Waals surface area contributed by atoms with Gasteiger partial charge in [-0.2, -0.15) is 5.10 Å². The van der Waals surface area contributed by atoms with Crippen molar-refractivity contribution in [2.24, 2.45) is 17.9 Å². The molecule has 2 rings (SSSR count). The van der Waals surface area contributed by atoms with Gasteiger partial charge in [0, 0.05) is 19.9 Å². The molecule has 0 radical (unpaired) electrons. The van der Waals surface area contributed by atoms with Gasteiger partial charge in [0.15, 0.2) is 5.84 Å². The van der Waals surface area contributed by atoms with Gasteiger partial charge >= 0.3 is 0 Å². The van der Waals surface area contributed by atoms with Crippen LogP contribution in [0, 0.1) is 6.92 Å². The summed E-state index contributed by atoms with van der Waals surface area (Å²) in [5, 5.41) is 16.1. The van der Waals surface area contributed by atoms with Crippen LogP contribution in [0.3, 0.4) is 0 Å². The van der Waals surface area contributed by atoms with E-state index in [2.05, 4.69) is 10.3 Å². The van der Waals surface area contributed by atoms with Crippen molar-refractivity contribution in [2.45, 2.75) is 25.9 Å².